The van der Waals surface area contributed by atoms with Gasteiger partial charge in [0.05, 0.1) is 0 Å². The maximum Gasteiger partial charge on any atom is 0.129 e. The third-order valence-electron chi connectivity index (χ3n) is 3.34. The Kier molecular flexibility index (Phi) is 6.04. The topological polar surface area (TPSA) is 16.1 Å². The molecule has 0 N–H and O–H groups in total. The summed E-state index contributed by atoms with van der Waals surface area (Å²) in [5.74, 6) is 0.564. The van der Waals surface area contributed by atoms with Crippen molar-refractivity contribution < 1.29 is 0 Å². The molecule has 1 heterocycles. The van der Waals surface area contributed by atoms with Crippen molar-refractivity contribution in [3.8, 4) is 0 Å². The molecular formula is C17H20Cl2N2. The maximum absolute atomic E-state index is 6.03. The van der Waals surface area contributed by atoms with E-state index in [1.807, 2.05) is 36.5 Å². The van der Waals surface area contributed by atoms with Gasteiger partial charge in [0.15, 0.2) is 0 Å². The van der Waals surface area contributed by atoms with Gasteiger partial charge in [0.2, 0.25) is 0 Å². The Labute approximate surface area is 136 Å². The highest BCUT2D eigenvalue weighted by molar-refractivity contribution is 6.30. The van der Waals surface area contributed by atoms with E-state index in [1.165, 1.54) is 11.1 Å². The molecule has 2 aromatic rings. The minimum atomic E-state index is 0.538. The highest BCUT2D eigenvalue weighted by atomic mass is 35.5. The Morgan fingerprint density at radius 2 is 1.95 bits per heavy atom. The van der Waals surface area contributed by atoms with Crippen molar-refractivity contribution in [2.75, 3.05) is 13.6 Å². The van der Waals surface area contributed by atoms with Crippen LogP contribution < -0.4 is 0 Å². The summed E-state index contributed by atoms with van der Waals surface area (Å²) in [7, 11) is 2.13. The maximum atomic E-state index is 6.03. The normalized spacial score (nSPS) is 12.6. The number of rotatable bonds is 6. The average Bonchev–Trinajstić information content (AvgIpc) is 2.41. The summed E-state index contributed by atoms with van der Waals surface area (Å²) in [6.45, 7) is 4.16. The van der Waals surface area contributed by atoms with Gasteiger partial charge in [-0.3, -0.25) is 0 Å². The second-order valence-electron chi connectivity index (χ2n) is 5.63. The fourth-order valence-electron chi connectivity index (χ4n) is 2.54. The predicted octanol–water partition coefficient (Wildman–Crippen LogP) is 4.70. The van der Waals surface area contributed by atoms with E-state index >= 15 is 0 Å². The third kappa shape index (κ3) is 5.66. The molecule has 0 spiro atoms. The van der Waals surface area contributed by atoms with Crippen LogP contribution in [-0.4, -0.2) is 23.5 Å². The lowest BCUT2D eigenvalue weighted by atomic mass is 10.0. The minimum Gasteiger partial charge on any atom is -0.302 e. The van der Waals surface area contributed by atoms with Crippen molar-refractivity contribution in [3.05, 3.63) is 63.9 Å². The van der Waals surface area contributed by atoms with Gasteiger partial charge in [0.25, 0.3) is 0 Å². The summed E-state index contributed by atoms with van der Waals surface area (Å²) in [4.78, 5) is 6.42. The Morgan fingerprint density at radius 1 is 1.14 bits per heavy atom. The molecule has 1 aromatic carbocycles. The molecule has 2 nitrogen and oxygen atoms in total. The molecule has 0 bridgehead atoms. The smallest absolute Gasteiger partial charge is 0.129 e. The molecule has 0 aliphatic heterocycles. The van der Waals surface area contributed by atoms with E-state index in [2.05, 4.69) is 29.9 Å². The molecule has 1 atom stereocenters. The van der Waals surface area contributed by atoms with Crippen LogP contribution >= 0.6 is 23.2 Å². The first-order valence-electron chi connectivity index (χ1n) is 7.06. The van der Waals surface area contributed by atoms with Crippen molar-refractivity contribution in [1.29, 1.82) is 0 Å². The van der Waals surface area contributed by atoms with E-state index < -0.39 is 0 Å². The number of hydrogen-bond donors (Lipinski definition) is 0. The van der Waals surface area contributed by atoms with E-state index in [9.17, 15) is 0 Å². The van der Waals surface area contributed by atoms with Crippen molar-refractivity contribution >= 4 is 23.2 Å². The van der Waals surface area contributed by atoms with Crippen molar-refractivity contribution in [3.63, 3.8) is 0 Å². The molecule has 0 aliphatic rings. The number of pyridine rings is 1. The average molecular weight is 323 g/mol. The highest BCUT2D eigenvalue weighted by Crippen LogP contribution is 2.15. The Hall–Kier alpha value is -1.09. The summed E-state index contributed by atoms with van der Waals surface area (Å²) in [5, 5.41) is 1.34. The molecule has 0 saturated carbocycles. The van der Waals surface area contributed by atoms with Gasteiger partial charge in [0, 0.05) is 24.3 Å². The van der Waals surface area contributed by atoms with Gasteiger partial charge in [-0.25, -0.2) is 4.98 Å². The first-order valence-corrected chi connectivity index (χ1v) is 7.82. The standard InChI is InChI=1S/C17H20Cl2N2/c1-13(8-14-4-3-5-16(18)9-14)11-21(2)12-15-6-7-17(19)20-10-15/h3-7,9-10,13H,8,11-12H2,1-2H3. The number of halogens is 2. The predicted molar refractivity (Wildman–Crippen MR) is 89.9 cm³/mol. The van der Waals surface area contributed by atoms with Crippen LogP contribution in [0.5, 0.6) is 0 Å². The fourth-order valence-corrected chi connectivity index (χ4v) is 2.86. The largest absolute Gasteiger partial charge is 0.302 e. The van der Waals surface area contributed by atoms with E-state index in [0.717, 1.165) is 24.5 Å². The van der Waals surface area contributed by atoms with Crippen molar-refractivity contribution in [2.45, 2.75) is 19.9 Å². The van der Waals surface area contributed by atoms with Crippen LogP contribution in [0, 0.1) is 5.92 Å². The van der Waals surface area contributed by atoms with Crippen LogP contribution in [0.3, 0.4) is 0 Å². The summed E-state index contributed by atoms with van der Waals surface area (Å²) >= 11 is 11.8. The molecule has 112 valence electrons. The van der Waals surface area contributed by atoms with Crippen molar-refractivity contribution in [1.82, 2.24) is 9.88 Å². The fraction of sp³-hybridized carbons (Fsp3) is 0.353. The van der Waals surface area contributed by atoms with Crippen LogP contribution in [0.2, 0.25) is 10.2 Å². The molecule has 0 amide bonds. The zero-order chi connectivity index (χ0) is 15.2. The second-order valence-corrected chi connectivity index (χ2v) is 6.45. The SMILES string of the molecule is CC(Cc1cccc(Cl)c1)CN(C)Cc1ccc(Cl)nc1. The zero-order valence-electron chi connectivity index (χ0n) is 12.4. The molecule has 0 radical (unpaired) electrons. The number of benzene rings is 1. The second kappa shape index (κ2) is 7.79. The van der Waals surface area contributed by atoms with Crippen LogP contribution in [0.15, 0.2) is 42.6 Å². The van der Waals surface area contributed by atoms with Crippen LogP contribution in [0.4, 0.5) is 0 Å². The van der Waals surface area contributed by atoms with Gasteiger partial charge < -0.3 is 4.90 Å². The van der Waals surface area contributed by atoms with Gasteiger partial charge in [-0.05, 0) is 48.7 Å². The van der Waals surface area contributed by atoms with E-state index in [1.54, 1.807) is 0 Å². The summed E-state index contributed by atoms with van der Waals surface area (Å²) in [6, 6.07) is 11.9. The van der Waals surface area contributed by atoms with E-state index in [4.69, 9.17) is 23.2 Å². The zero-order valence-corrected chi connectivity index (χ0v) is 13.9. The van der Waals surface area contributed by atoms with Crippen LogP contribution in [-0.2, 0) is 13.0 Å². The van der Waals surface area contributed by atoms with Gasteiger partial charge in [-0.2, -0.15) is 0 Å². The van der Waals surface area contributed by atoms with Gasteiger partial charge in [0.1, 0.15) is 5.15 Å². The highest BCUT2D eigenvalue weighted by Gasteiger charge is 2.09. The summed E-state index contributed by atoms with van der Waals surface area (Å²) in [6.07, 6.45) is 2.87. The number of nitrogens with zero attached hydrogens (tertiary/aromatic N) is 2. The Morgan fingerprint density at radius 3 is 2.62 bits per heavy atom. The summed E-state index contributed by atoms with van der Waals surface area (Å²) < 4.78 is 0. The Balaban J connectivity index is 1.84. The lowest BCUT2D eigenvalue weighted by Gasteiger charge is -2.21. The van der Waals surface area contributed by atoms with Crippen LogP contribution in [0.25, 0.3) is 0 Å². The van der Waals surface area contributed by atoms with Crippen LogP contribution in [0.1, 0.15) is 18.1 Å². The molecule has 0 saturated heterocycles. The molecule has 1 aromatic heterocycles. The lowest BCUT2D eigenvalue weighted by molar-refractivity contribution is 0.277. The molecule has 21 heavy (non-hydrogen) atoms. The first kappa shape index (κ1) is 16.3. The molecule has 0 fully saturated rings. The molecule has 4 heteroatoms. The molecule has 1 unspecified atom stereocenters. The Bertz CT molecular complexity index is 569. The van der Waals surface area contributed by atoms with E-state index in [-0.39, 0.29) is 0 Å². The third-order valence-corrected chi connectivity index (χ3v) is 3.80. The van der Waals surface area contributed by atoms with Gasteiger partial charge in [-0.1, -0.05) is 48.3 Å². The molecular weight excluding hydrogens is 303 g/mol. The lowest BCUT2D eigenvalue weighted by Crippen LogP contribution is -2.25. The van der Waals surface area contributed by atoms with Gasteiger partial charge >= 0.3 is 0 Å². The molecule has 0 aliphatic carbocycles. The summed E-state index contributed by atoms with van der Waals surface area (Å²) in [5.41, 5.74) is 2.47. The molecule has 2 rings (SSSR count). The minimum absolute atomic E-state index is 0.538. The number of hydrogen-bond acceptors (Lipinski definition) is 2. The first-order chi connectivity index (χ1) is 10.0. The quantitative estimate of drug-likeness (QED) is 0.716. The number of aromatic nitrogens is 1. The van der Waals surface area contributed by atoms with E-state index in [0.29, 0.717) is 11.1 Å². The monoisotopic (exact) mass is 322 g/mol. The van der Waals surface area contributed by atoms with Gasteiger partial charge in [-0.15, -0.1) is 0 Å². The van der Waals surface area contributed by atoms with Crippen molar-refractivity contribution in [2.24, 2.45) is 5.92 Å².